The molecule has 3 rings (SSSR count). The van der Waals surface area contributed by atoms with Crippen LogP contribution in [0.4, 0.5) is 10.9 Å². The van der Waals surface area contributed by atoms with Gasteiger partial charge < -0.3 is 16.0 Å². The normalized spacial score (nSPS) is 17.3. The summed E-state index contributed by atoms with van der Waals surface area (Å²) in [6.07, 6.45) is 1.72. The predicted molar refractivity (Wildman–Crippen MR) is 92.3 cm³/mol. The van der Waals surface area contributed by atoms with E-state index in [9.17, 15) is 4.79 Å². The van der Waals surface area contributed by atoms with Crippen LogP contribution < -0.4 is 11.1 Å². The monoisotopic (exact) mass is 347 g/mol. The molecular formula is C15H21N7OS. The molecule has 0 saturated carbocycles. The van der Waals surface area contributed by atoms with Crippen molar-refractivity contribution in [2.75, 3.05) is 25.0 Å². The number of carbonyl (C=O) groups is 1. The summed E-state index contributed by atoms with van der Waals surface area (Å²) < 4.78 is 0. The maximum Gasteiger partial charge on any atom is 0.236 e. The number of carbonyl (C=O) groups excluding carboxylic acids is 1. The van der Waals surface area contributed by atoms with Crippen molar-refractivity contribution in [2.45, 2.75) is 32.6 Å². The van der Waals surface area contributed by atoms with Crippen LogP contribution in [0, 0.1) is 6.92 Å². The molecule has 3 heterocycles. The van der Waals surface area contributed by atoms with E-state index >= 15 is 0 Å². The Kier molecular flexibility index (Phi) is 5.00. The lowest BCUT2D eigenvalue weighted by Crippen LogP contribution is -2.34. The van der Waals surface area contributed by atoms with Gasteiger partial charge in [0, 0.05) is 30.8 Å². The number of amides is 1. The zero-order chi connectivity index (χ0) is 17.1. The fourth-order valence-corrected chi connectivity index (χ4v) is 3.41. The number of aromatic nitrogens is 4. The Hall–Kier alpha value is -2.13. The summed E-state index contributed by atoms with van der Waals surface area (Å²) in [5.74, 6) is 1.58. The van der Waals surface area contributed by atoms with Crippen LogP contribution in [0.15, 0.2) is 6.07 Å². The van der Waals surface area contributed by atoms with E-state index < -0.39 is 0 Å². The molecule has 8 nitrogen and oxygen atoms in total. The minimum atomic E-state index is -0.0237. The second-order valence-corrected chi connectivity index (χ2v) is 6.82. The molecule has 1 atom stereocenters. The molecule has 9 heteroatoms. The molecule has 1 aliphatic heterocycles. The number of rotatable bonds is 5. The maximum absolute atomic E-state index is 11.7. The summed E-state index contributed by atoms with van der Waals surface area (Å²) in [7, 11) is 0. The Morgan fingerprint density at radius 2 is 2.29 bits per heavy atom. The van der Waals surface area contributed by atoms with E-state index in [1.807, 2.05) is 19.9 Å². The van der Waals surface area contributed by atoms with Crippen LogP contribution in [-0.2, 0) is 11.2 Å². The van der Waals surface area contributed by atoms with Gasteiger partial charge in [-0.1, -0.05) is 18.3 Å². The van der Waals surface area contributed by atoms with Gasteiger partial charge in [-0.15, -0.1) is 10.2 Å². The number of anilines is 2. The minimum Gasteiger partial charge on any atom is -0.341 e. The summed E-state index contributed by atoms with van der Waals surface area (Å²) in [6.45, 7) is 5.36. The van der Waals surface area contributed by atoms with Crippen LogP contribution in [-0.4, -0.2) is 50.6 Å². The topological polar surface area (TPSA) is 110 Å². The van der Waals surface area contributed by atoms with E-state index in [0.717, 1.165) is 34.5 Å². The first-order chi connectivity index (χ1) is 11.6. The number of hydrogen-bond acceptors (Lipinski definition) is 8. The molecular weight excluding hydrogens is 326 g/mol. The molecule has 1 amide bonds. The van der Waals surface area contributed by atoms with Gasteiger partial charge in [-0.2, -0.15) is 0 Å². The van der Waals surface area contributed by atoms with Gasteiger partial charge in [-0.05, 0) is 19.8 Å². The number of nitrogens with two attached hydrogens (primary N) is 1. The van der Waals surface area contributed by atoms with Crippen LogP contribution in [0.1, 0.15) is 35.8 Å². The number of likely N-dealkylation sites (tertiary alicyclic amines) is 1. The van der Waals surface area contributed by atoms with Gasteiger partial charge in [0.1, 0.15) is 16.6 Å². The molecule has 0 aromatic carbocycles. The van der Waals surface area contributed by atoms with Crippen molar-refractivity contribution in [2.24, 2.45) is 5.73 Å². The smallest absolute Gasteiger partial charge is 0.236 e. The zero-order valence-electron chi connectivity index (χ0n) is 13.8. The summed E-state index contributed by atoms with van der Waals surface area (Å²) in [5.41, 5.74) is 6.32. The van der Waals surface area contributed by atoms with Gasteiger partial charge in [0.2, 0.25) is 11.0 Å². The van der Waals surface area contributed by atoms with E-state index in [-0.39, 0.29) is 18.4 Å². The van der Waals surface area contributed by atoms with Crippen LogP contribution in [0.2, 0.25) is 0 Å². The van der Waals surface area contributed by atoms with Crippen molar-refractivity contribution in [1.29, 1.82) is 0 Å². The van der Waals surface area contributed by atoms with Crippen molar-refractivity contribution in [3.63, 3.8) is 0 Å². The van der Waals surface area contributed by atoms with E-state index in [4.69, 9.17) is 5.73 Å². The van der Waals surface area contributed by atoms with Crippen LogP contribution >= 0.6 is 11.3 Å². The molecule has 0 radical (unpaired) electrons. The molecule has 0 unspecified atom stereocenters. The quantitative estimate of drug-likeness (QED) is 0.836. The highest BCUT2D eigenvalue weighted by Crippen LogP contribution is 2.27. The molecule has 1 aliphatic rings. The average Bonchev–Trinajstić information content (AvgIpc) is 3.22. The van der Waals surface area contributed by atoms with Gasteiger partial charge in [0.15, 0.2) is 0 Å². The highest BCUT2D eigenvalue weighted by Gasteiger charge is 2.28. The third-order valence-corrected chi connectivity index (χ3v) is 4.94. The number of nitrogens with one attached hydrogen (secondary N) is 1. The number of hydrogen-bond donors (Lipinski definition) is 2. The lowest BCUT2D eigenvalue weighted by molar-refractivity contribution is -0.128. The van der Waals surface area contributed by atoms with Crippen molar-refractivity contribution >= 4 is 28.2 Å². The molecule has 2 aromatic rings. The molecule has 2 aromatic heterocycles. The molecule has 1 saturated heterocycles. The van der Waals surface area contributed by atoms with Crippen molar-refractivity contribution < 1.29 is 4.79 Å². The summed E-state index contributed by atoms with van der Waals surface area (Å²) >= 11 is 1.52. The van der Waals surface area contributed by atoms with Gasteiger partial charge in [-0.25, -0.2) is 9.97 Å². The minimum absolute atomic E-state index is 0.0237. The van der Waals surface area contributed by atoms with E-state index in [0.29, 0.717) is 18.9 Å². The SMILES string of the molecule is CCc1nnc(Nc2cc(C)nc([C@@H]3CCN(C(=O)CN)C3)n2)s1. The average molecular weight is 347 g/mol. The van der Waals surface area contributed by atoms with E-state index in [2.05, 4.69) is 25.5 Å². The van der Waals surface area contributed by atoms with E-state index in [1.165, 1.54) is 11.3 Å². The Morgan fingerprint density at radius 1 is 1.46 bits per heavy atom. The third-order valence-electron chi connectivity index (χ3n) is 3.96. The summed E-state index contributed by atoms with van der Waals surface area (Å²) in [4.78, 5) is 22.7. The zero-order valence-corrected chi connectivity index (χ0v) is 14.6. The van der Waals surface area contributed by atoms with Crippen molar-refractivity contribution in [3.05, 3.63) is 22.6 Å². The molecule has 24 heavy (non-hydrogen) atoms. The summed E-state index contributed by atoms with van der Waals surface area (Å²) in [5, 5.41) is 13.1. The van der Waals surface area contributed by atoms with E-state index in [1.54, 1.807) is 4.90 Å². The highest BCUT2D eigenvalue weighted by atomic mass is 32.1. The third kappa shape index (κ3) is 3.68. The van der Waals surface area contributed by atoms with Crippen molar-refractivity contribution in [3.8, 4) is 0 Å². The fourth-order valence-electron chi connectivity index (χ4n) is 2.72. The van der Waals surface area contributed by atoms with Crippen LogP contribution in [0.5, 0.6) is 0 Å². The van der Waals surface area contributed by atoms with Gasteiger partial charge in [0.05, 0.1) is 6.54 Å². The van der Waals surface area contributed by atoms with Gasteiger partial charge >= 0.3 is 0 Å². The molecule has 0 aliphatic carbocycles. The lowest BCUT2D eigenvalue weighted by Gasteiger charge is -2.15. The molecule has 0 bridgehead atoms. The molecule has 0 spiro atoms. The van der Waals surface area contributed by atoms with Gasteiger partial charge in [0.25, 0.3) is 0 Å². The Labute approximate surface area is 144 Å². The Morgan fingerprint density at radius 3 is 3.00 bits per heavy atom. The lowest BCUT2D eigenvalue weighted by atomic mass is 10.1. The Balaban J connectivity index is 1.75. The molecule has 1 fully saturated rings. The maximum atomic E-state index is 11.7. The standard InChI is InChI=1S/C15H21N7OS/c1-3-12-20-21-15(24-12)19-11-6-9(2)17-14(18-11)10-4-5-22(8-10)13(23)7-16/h6,10H,3-5,7-8,16H2,1-2H3,(H,17,18,19,21)/t10-/m1/s1. The second kappa shape index (κ2) is 7.18. The summed E-state index contributed by atoms with van der Waals surface area (Å²) in [6, 6.07) is 1.88. The first-order valence-corrected chi connectivity index (χ1v) is 8.83. The van der Waals surface area contributed by atoms with Crippen molar-refractivity contribution in [1.82, 2.24) is 25.1 Å². The predicted octanol–water partition coefficient (Wildman–Crippen LogP) is 1.22. The molecule has 128 valence electrons. The first kappa shape index (κ1) is 16.7. The van der Waals surface area contributed by atoms with Crippen LogP contribution in [0.3, 0.4) is 0 Å². The highest BCUT2D eigenvalue weighted by molar-refractivity contribution is 7.15. The number of nitrogens with zero attached hydrogens (tertiary/aromatic N) is 5. The van der Waals surface area contributed by atoms with Gasteiger partial charge in [-0.3, -0.25) is 4.79 Å². The first-order valence-electron chi connectivity index (χ1n) is 8.02. The largest absolute Gasteiger partial charge is 0.341 e. The fraction of sp³-hybridized carbons (Fsp3) is 0.533. The second-order valence-electron chi connectivity index (χ2n) is 5.76. The number of aryl methyl sites for hydroxylation is 2. The Bertz CT molecular complexity index is 732. The van der Waals surface area contributed by atoms with Crippen LogP contribution in [0.25, 0.3) is 0 Å². The molecule has 3 N–H and O–H groups in total.